The highest BCUT2D eigenvalue weighted by Crippen LogP contribution is 2.41. The van der Waals surface area contributed by atoms with Crippen LogP contribution in [0.25, 0.3) is 0 Å². The van der Waals surface area contributed by atoms with Gasteiger partial charge in [0.15, 0.2) is 0 Å². The molecule has 2 unspecified atom stereocenters. The van der Waals surface area contributed by atoms with E-state index in [-0.39, 0.29) is 4.83 Å². The second-order valence-corrected chi connectivity index (χ2v) is 6.41. The highest BCUT2D eigenvalue weighted by molar-refractivity contribution is 9.11. The van der Waals surface area contributed by atoms with Gasteiger partial charge in [-0.1, -0.05) is 56.5 Å². The molecule has 0 saturated heterocycles. The molecule has 2 atom stereocenters. The number of halogens is 3. The van der Waals surface area contributed by atoms with Crippen molar-refractivity contribution in [2.24, 2.45) is 0 Å². The van der Waals surface area contributed by atoms with Crippen molar-refractivity contribution in [1.82, 2.24) is 4.98 Å². The van der Waals surface area contributed by atoms with Crippen molar-refractivity contribution in [3.05, 3.63) is 63.3 Å². The molecule has 0 N–H and O–H groups in total. The molecule has 2 rings (SSSR count). The summed E-state index contributed by atoms with van der Waals surface area (Å²) in [4.78, 5) is 4.28. The van der Waals surface area contributed by atoms with Gasteiger partial charge in [0, 0.05) is 26.7 Å². The third-order valence-electron chi connectivity index (χ3n) is 2.93. The number of rotatable bonds is 3. The monoisotopic (exact) mass is 387 g/mol. The highest BCUT2D eigenvalue weighted by Gasteiger charge is 2.20. The van der Waals surface area contributed by atoms with E-state index in [0.717, 1.165) is 9.50 Å². The standard InChI is InChI=1S/C14H12Br2ClN/c1-9(10-4-6-18-7-5-10)14(16)12-3-2-11(17)8-13(12)15/h2-9,14H,1H3. The van der Waals surface area contributed by atoms with Crippen LogP contribution in [0, 0.1) is 0 Å². The molecule has 18 heavy (non-hydrogen) atoms. The molecule has 1 nitrogen and oxygen atoms in total. The third kappa shape index (κ3) is 3.14. The first-order valence-electron chi connectivity index (χ1n) is 5.58. The van der Waals surface area contributed by atoms with Crippen molar-refractivity contribution in [3.8, 4) is 0 Å². The number of alkyl halides is 1. The number of pyridine rings is 1. The van der Waals surface area contributed by atoms with Gasteiger partial charge in [-0.3, -0.25) is 4.98 Å². The van der Waals surface area contributed by atoms with Gasteiger partial charge in [-0.25, -0.2) is 0 Å². The van der Waals surface area contributed by atoms with E-state index in [9.17, 15) is 0 Å². The van der Waals surface area contributed by atoms with Crippen LogP contribution >= 0.6 is 43.5 Å². The molecule has 1 aromatic carbocycles. The molecule has 0 spiro atoms. The zero-order valence-electron chi connectivity index (χ0n) is 9.78. The van der Waals surface area contributed by atoms with Crippen molar-refractivity contribution in [2.45, 2.75) is 17.7 Å². The van der Waals surface area contributed by atoms with E-state index in [2.05, 4.69) is 43.8 Å². The maximum absolute atomic E-state index is 5.96. The molecule has 1 aromatic heterocycles. The Balaban J connectivity index is 2.28. The van der Waals surface area contributed by atoms with Crippen molar-refractivity contribution in [1.29, 1.82) is 0 Å². The van der Waals surface area contributed by atoms with Crippen LogP contribution in [0.15, 0.2) is 47.2 Å². The number of aromatic nitrogens is 1. The van der Waals surface area contributed by atoms with Crippen LogP contribution in [0.5, 0.6) is 0 Å². The maximum atomic E-state index is 5.96. The molecule has 0 aliphatic heterocycles. The predicted octanol–water partition coefficient (Wildman–Crippen LogP) is 5.74. The summed E-state index contributed by atoms with van der Waals surface area (Å²) in [5.74, 6) is 0.352. The number of benzene rings is 1. The maximum Gasteiger partial charge on any atom is 0.0472 e. The third-order valence-corrected chi connectivity index (χ3v) is 5.14. The minimum Gasteiger partial charge on any atom is -0.265 e. The molecular formula is C14H12Br2ClN. The van der Waals surface area contributed by atoms with Gasteiger partial charge >= 0.3 is 0 Å². The zero-order chi connectivity index (χ0) is 13.1. The summed E-state index contributed by atoms with van der Waals surface area (Å²) in [7, 11) is 0. The molecule has 0 radical (unpaired) electrons. The molecule has 1 heterocycles. The van der Waals surface area contributed by atoms with Crippen molar-refractivity contribution >= 4 is 43.5 Å². The lowest BCUT2D eigenvalue weighted by Crippen LogP contribution is -2.03. The number of hydrogen-bond donors (Lipinski definition) is 0. The van der Waals surface area contributed by atoms with Gasteiger partial charge in [-0.05, 0) is 41.3 Å². The van der Waals surface area contributed by atoms with Crippen LogP contribution in [0.3, 0.4) is 0 Å². The van der Waals surface area contributed by atoms with Gasteiger partial charge < -0.3 is 0 Å². The average Bonchev–Trinajstić information content (AvgIpc) is 2.38. The summed E-state index contributed by atoms with van der Waals surface area (Å²) in [6.07, 6.45) is 3.64. The number of hydrogen-bond acceptors (Lipinski definition) is 1. The van der Waals surface area contributed by atoms with E-state index in [1.807, 2.05) is 42.7 Å². The molecule has 4 heteroatoms. The lowest BCUT2D eigenvalue weighted by molar-refractivity contribution is 0.748. The minimum atomic E-state index is 0.228. The first-order chi connectivity index (χ1) is 8.59. The van der Waals surface area contributed by atoms with Crippen LogP contribution < -0.4 is 0 Å². The molecule has 0 saturated carbocycles. The molecule has 94 valence electrons. The fourth-order valence-electron chi connectivity index (χ4n) is 1.83. The Kier molecular flexibility index (Phi) is 4.82. The van der Waals surface area contributed by atoms with Crippen LogP contribution in [-0.4, -0.2) is 4.98 Å². The first kappa shape index (κ1) is 14.0. The molecular weight excluding hydrogens is 377 g/mol. The summed E-state index contributed by atoms with van der Waals surface area (Å²) in [5, 5.41) is 0.738. The van der Waals surface area contributed by atoms with Gasteiger partial charge in [0.25, 0.3) is 0 Å². The second-order valence-electron chi connectivity index (χ2n) is 4.14. The van der Waals surface area contributed by atoms with Crippen LogP contribution in [-0.2, 0) is 0 Å². The molecule has 0 aliphatic rings. The van der Waals surface area contributed by atoms with E-state index in [4.69, 9.17) is 11.6 Å². The topological polar surface area (TPSA) is 12.9 Å². The number of nitrogens with zero attached hydrogens (tertiary/aromatic N) is 1. The van der Waals surface area contributed by atoms with E-state index >= 15 is 0 Å². The van der Waals surface area contributed by atoms with Gasteiger partial charge in [0.1, 0.15) is 0 Å². The fraction of sp³-hybridized carbons (Fsp3) is 0.214. The van der Waals surface area contributed by atoms with Gasteiger partial charge in [0.2, 0.25) is 0 Å². The molecule has 2 aromatic rings. The summed E-state index contributed by atoms with van der Waals surface area (Å²) in [6, 6.07) is 9.97. The lowest BCUT2D eigenvalue weighted by atomic mass is 9.94. The molecule has 0 amide bonds. The van der Waals surface area contributed by atoms with Gasteiger partial charge in [-0.15, -0.1) is 0 Å². The highest BCUT2D eigenvalue weighted by atomic mass is 79.9. The summed E-state index contributed by atoms with van der Waals surface area (Å²) in [5.41, 5.74) is 2.46. The molecule has 0 aliphatic carbocycles. The smallest absolute Gasteiger partial charge is 0.0472 e. The van der Waals surface area contributed by atoms with Gasteiger partial charge in [0.05, 0.1) is 0 Å². The largest absolute Gasteiger partial charge is 0.265 e. The van der Waals surface area contributed by atoms with E-state index < -0.39 is 0 Å². The fourth-order valence-corrected chi connectivity index (χ4v) is 3.77. The Labute approximate surface area is 129 Å². The van der Waals surface area contributed by atoms with E-state index in [0.29, 0.717) is 5.92 Å². The molecule has 0 bridgehead atoms. The Hall–Kier alpha value is -0.380. The van der Waals surface area contributed by atoms with Gasteiger partial charge in [-0.2, -0.15) is 0 Å². The Bertz CT molecular complexity index is 531. The first-order valence-corrected chi connectivity index (χ1v) is 7.67. The van der Waals surface area contributed by atoms with Crippen LogP contribution in [0.1, 0.15) is 28.8 Å². The van der Waals surface area contributed by atoms with Crippen molar-refractivity contribution < 1.29 is 0 Å². The quantitative estimate of drug-likeness (QED) is 0.610. The lowest BCUT2D eigenvalue weighted by Gasteiger charge is -2.20. The van der Waals surface area contributed by atoms with Crippen molar-refractivity contribution in [3.63, 3.8) is 0 Å². The zero-order valence-corrected chi connectivity index (χ0v) is 13.7. The summed E-state index contributed by atoms with van der Waals surface area (Å²) in [6.45, 7) is 2.19. The minimum absolute atomic E-state index is 0.228. The van der Waals surface area contributed by atoms with Crippen LogP contribution in [0.4, 0.5) is 0 Å². The second kappa shape index (κ2) is 6.18. The Morgan fingerprint density at radius 3 is 2.44 bits per heavy atom. The Morgan fingerprint density at radius 2 is 1.83 bits per heavy atom. The SMILES string of the molecule is CC(c1ccncc1)C(Br)c1ccc(Cl)cc1Br. The van der Waals surface area contributed by atoms with E-state index in [1.165, 1.54) is 11.1 Å². The van der Waals surface area contributed by atoms with Crippen molar-refractivity contribution in [2.75, 3.05) is 0 Å². The Morgan fingerprint density at radius 1 is 1.17 bits per heavy atom. The summed E-state index contributed by atoms with van der Waals surface area (Å²) >= 11 is 13.3. The summed E-state index contributed by atoms with van der Waals surface area (Å²) < 4.78 is 1.03. The average molecular weight is 390 g/mol. The van der Waals surface area contributed by atoms with E-state index in [1.54, 1.807) is 0 Å². The molecule has 0 fully saturated rings. The van der Waals surface area contributed by atoms with Crippen LogP contribution in [0.2, 0.25) is 5.02 Å². The normalized spacial score (nSPS) is 14.2. The predicted molar refractivity (Wildman–Crippen MR) is 83.5 cm³/mol.